The van der Waals surface area contributed by atoms with E-state index >= 15 is 0 Å². The fourth-order valence-corrected chi connectivity index (χ4v) is 20.9. The molecule has 40 nitrogen and oxygen atoms in total. The monoisotopic (exact) mass is 1870 g/mol. The zero-order valence-corrected chi connectivity index (χ0v) is 75.6. The number of pyridine rings is 5. The Labute approximate surface area is 781 Å². The highest BCUT2D eigenvalue weighted by Gasteiger charge is 2.54. The minimum atomic E-state index is -1.44. The quantitative estimate of drug-likeness (QED) is 0.0601. The number of benzene rings is 5. The molecule has 1 aliphatic carbocycles. The molecule has 11 aromatic rings. The molecule has 5 saturated heterocycles. The van der Waals surface area contributed by atoms with Crippen LogP contribution in [-0.2, 0) is 38.6 Å². The van der Waals surface area contributed by atoms with Crippen LogP contribution in [0, 0.1) is 17.8 Å². The van der Waals surface area contributed by atoms with Gasteiger partial charge in [0.15, 0.2) is 27.8 Å². The topological polar surface area (TPSA) is 597 Å². The highest BCUT2D eigenvalue weighted by atomic mass is 16.4. The molecule has 22 rings (SSSR count). The van der Waals surface area contributed by atoms with Crippen LogP contribution >= 0.6 is 0 Å². The second kappa shape index (κ2) is 37.5. The van der Waals surface area contributed by atoms with E-state index in [1.807, 2.05) is 79.8 Å². The van der Waals surface area contributed by atoms with Gasteiger partial charge in [0.25, 0.3) is 27.8 Å². The number of fused-ring (bicyclic) bond motifs is 18. The Kier molecular flexibility index (Phi) is 25.3. The number of aromatic hydroxyl groups is 5. The highest BCUT2D eigenvalue weighted by Crippen LogP contribution is 2.49. The number of likely N-dealkylation sites (N-methyl/N-ethyl adjacent to an activating group) is 2. The third kappa shape index (κ3) is 17.7. The van der Waals surface area contributed by atoms with Crippen LogP contribution < -0.4 is 90.3 Å². The van der Waals surface area contributed by atoms with Crippen molar-refractivity contribution in [2.45, 2.75) is 76.0 Å². The van der Waals surface area contributed by atoms with Crippen molar-refractivity contribution in [3.05, 3.63) is 204 Å². The predicted octanol–water partition coefficient (Wildman–Crippen LogP) is 6.74. The number of piperidine rings is 2. The van der Waals surface area contributed by atoms with Gasteiger partial charge in [0.2, 0.25) is 0 Å². The molecule has 0 spiro atoms. The number of carboxylic acids is 5. The number of nitrogens with zero attached hydrogens (tertiary/aromatic N) is 6. The molecule has 0 amide bonds. The van der Waals surface area contributed by atoms with Crippen LogP contribution in [0.3, 0.4) is 0 Å². The SMILES string of the molecule is CN(C)C1CCN(c2ccc3c(c2)NCCc2c-3[nH]c(=O)c(C(=O)O)c2O)C1.CN1CCN(c2ccc3c(c2)NCCc2c-3[nH]c(=O)c(C(=O)O)c2O)CC1.CNCc1cc2cc3c(cc2[nH]1)NCCc1c-3[nH]c(=O)c(C(=O)O)c1O.NC1[C@H]2CN(c3ccc4c(c3)NCCc3c-4[nH]c(=O)c(C(=O)O)c3O)C[C@@H]12.O=C(O)c1c(O)c2c([nH]c1=O)-c1ccc(N3CC4CCCNC4C3)cc1NCC2. The van der Waals surface area contributed by atoms with E-state index in [9.17, 15) is 99.0 Å². The number of nitrogens with one attached hydrogen (secondary N) is 13. The third-order valence-corrected chi connectivity index (χ3v) is 28.2. The number of hydrogen-bond donors (Lipinski definition) is 24. The Morgan fingerprint density at radius 2 is 0.752 bits per heavy atom. The Bertz CT molecular complexity index is 6890. The van der Waals surface area contributed by atoms with E-state index in [4.69, 9.17) is 5.73 Å². The van der Waals surface area contributed by atoms with Gasteiger partial charge in [0, 0.05) is 246 Å². The average Bonchev–Trinajstić information content (AvgIpc) is 1.59. The van der Waals surface area contributed by atoms with Crippen molar-refractivity contribution in [2.24, 2.45) is 23.5 Å². The summed E-state index contributed by atoms with van der Waals surface area (Å²) in [6.45, 7) is 14.2. The maximum atomic E-state index is 12.3. The fraction of sp³-hybridized carbons (Fsp3) is 0.361. The molecule has 4 unspecified atom stereocenters. The molecule has 137 heavy (non-hydrogen) atoms. The Balaban J connectivity index is 0.000000114. The van der Waals surface area contributed by atoms with E-state index in [0.29, 0.717) is 164 Å². The lowest BCUT2D eigenvalue weighted by molar-refractivity contribution is 0.0680. The summed E-state index contributed by atoms with van der Waals surface area (Å²) in [5, 5.41) is 122. The van der Waals surface area contributed by atoms with Gasteiger partial charge >= 0.3 is 29.8 Å². The first-order valence-electron chi connectivity index (χ1n) is 45.8. The number of nitrogens with two attached hydrogens (primary N) is 1. The molecule has 0 radical (unpaired) electrons. The molecule has 16 heterocycles. The summed E-state index contributed by atoms with van der Waals surface area (Å²) in [7, 11) is 8.17. The van der Waals surface area contributed by atoms with Crippen molar-refractivity contribution in [3.63, 3.8) is 0 Å². The smallest absolute Gasteiger partial charge is 0.345 e. The van der Waals surface area contributed by atoms with E-state index in [-0.39, 0.29) is 0 Å². The first-order chi connectivity index (χ1) is 65.8. The van der Waals surface area contributed by atoms with Gasteiger partial charge in [-0.25, -0.2) is 24.0 Å². The number of aromatic carboxylic acids is 5. The summed E-state index contributed by atoms with van der Waals surface area (Å²) in [5.41, 5.74) is 18.0. The molecule has 6 atom stereocenters. The number of H-pyrrole nitrogens is 6. The van der Waals surface area contributed by atoms with E-state index < -0.39 is 114 Å². The van der Waals surface area contributed by atoms with Gasteiger partial charge in [-0.2, -0.15) is 0 Å². The maximum absolute atomic E-state index is 12.3. The predicted molar refractivity (Wildman–Crippen MR) is 519 cm³/mol. The first kappa shape index (κ1) is 92.2. The molecule has 1 saturated carbocycles. The molecule has 6 aromatic heterocycles. The molecule has 11 aliphatic rings. The van der Waals surface area contributed by atoms with Crippen LogP contribution in [0.2, 0.25) is 0 Å². The minimum absolute atomic E-state index is 0.337. The molecule has 10 aliphatic heterocycles. The maximum Gasteiger partial charge on any atom is 0.345 e. The van der Waals surface area contributed by atoms with Crippen molar-refractivity contribution in [1.29, 1.82) is 0 Å². The van der Waals surface area contributed by atoms with Gasteiger partial charge in [-0.15, -0.1) is 0 Å². The number of rotatable bonds is 12. The van der Waals surface area contributed by atoms with E-state index in [2.05, 4.69) is 136 Å². The molecule has 25 N–H and O–H groups in total. The second-order valence-electron chi connectivity index (χ2n) is 36.6. The zero-order valence-electron chi connectivity index (χ0n) is 75.6. The number of anilines is 9. The summed E-state index contributed by atoms with van der Waals surface area (Å²) in [5.74, 6) is -7.57. The number of piperazine rings is 1. The fourth-order valence-electron chi connectivity index (χ4n) is 20.9. The lowest BCUT2D eigenvalue weighted by Crippen LogP contribution is -2.44. The van der Waals surface area contributed by atoms with Gasteiger partial charge in [0.1, 0.15) is 28.7 Å². The Morgan fingerprint density at radius 3 is 1.10 bits per heavy atom. The summed E-state index contributed by atoms with van der Waals surface area (Å²) in [6.07, 6.45) is 5.64. The van der Waals surface area contributed by atoms with E-state index in [0.717, 1.165) is 174 Å². The number of aromatic nitrogens is 6. The lowest BCUT2D eigenvalue weighted by Gasteiger charge is -2.34. The number of hydrogen-bond acceptors (Lipinski definition) is 29. The minimum Gasteiger partial charge on any atom is -0.506 e. The van der Waals surface area contributed by atoms with Crippen LogP contribution in [-0.4, -0.2) is 272 Å². The van der Waals surface area contributed by atoms with Crippen LogP contribution in [0.25, 0.3) is 67.2 Å². The van der Waals surface area contributed by atoms with Crippen LogP contribution in [0.5, 0.6) is 28.7 Å². The molecule has 6 fully saturated rings. The zero-order chi connectivity index (χ0) is 96.5. The summed E-state index contributed by atoms with van der Waals surface area (Å²) >= 11 is 0. The van der Waals surface area contributed by atoms with Crippen molar-refractivity contribution in [1.82, 2.24) is 50.3 Å². The number of carbonyl (C=O) groups is 5. The molecule has 716 valence electrons. The van der Waals surface area contributed by atoms with Crippen molar-refractivity contribution in [2.75, 3.05) is 179 Å². The second-order valence-corrected chi connectivity index (χ2v) is 36.6. The summed E-state index contributed by atoms with van der Waals surface area (Å²) in [4.78, 5) is 148. The van der Waals surface area contributed by atoms with E-state index in [1.165, 1.54) is 12.8 Å². The van der Waals surface area contributed by atoms with Gasteiger partial charge in [-0.3, -0.25) is 24.0 Å². The molecule has 0 bridgehead atoms. The lowest BCUT2D eigenvalue weighted by atomic mass is 9.94. The van der Waals surface area contributed by atoms with E-state index in [1.54, 1.807) is 0 Å². The van der Waals surface area contributed by atoms with Gasteiger partial charge in [-0.1, -0.05) is 0 Å². The largest absolute Gasteiger partial charge is 0.506 e. The summed E-state index contributed by atoms with van der Waals surface area (Å²) in [6, 6.07) is 31.2. The van der Waals surface area contributed by atoms with Crippen molar-refractivity contribution >= 4 is 91.9 Å². The Morgan fingerprint density at radius 1 is 0.401 bits per heavy atom. The third-order valence-electron chi connectivity index (χ3n) is 28.2. The van der Waals surface area contributed by atoms with Crippen molar-refractivity contribution in [3.8, 4) is 85.0 Å². The highest BCUT2D eigenvalue weighted by molar-refractivity contribution is 5.99. The normalized spacial score (nSPS) is 19.3. The Hall–Kier alpha value is -15.3. The van der Waals surface area contributed by atoms with Crippen molar-refractivity contribution < 1.29 is 75.0 Å². The molecular weight excluding hydrogens is 1770 g/mol. The van der Waals surface area contributed by atoms with Gasteiger partial charge in [-0.05, 0) is 195 Å². The average molecular weight is 1870 g/mol. The molecular formula is C97H108N20O20. The first-order valence-corrected chi connectivity index (χ1v) is 45.8. The standard InChI is InChI=1S/C21H24N4O4.C20H24N4O4.C19H20N4O4.C19H22N4O4.C18H18N4O4/c26-19-14-5-7-23-15-8-12(25-9-11-2-1-6-22-16(11)10-25)3-4-13(15)18(14)24-20(27)17(19)21(28)29;1-23(2)12-6-8-24(10-12)11-3-4-13-15(9-11)21-7-5-14-17(13)22-19(26)16(18(14)25)20(27)28;20-15-11-6-23(7-12(11)15)8-1-2-9-13(5-8)21-4-3-10-16(9)22-18(25)14(17(10)24)19(26)27;1-22-6-8-23(9-7-22)11-2-3-12-14(10-11)20-5-4-13-16(12)21-18(25)15(17(13)24)19(26)27;1-19-7-9-4-8-5-11-13(6-12(8)21-9)20-3-2-10-15(11)22-17(24)14(16(10)23)18(25)26/h3-4,8,11,16,22-23H,1-2,5-7,9-10H2,(H,28,29)(H2,24,26,27);3-4,9,12,21H,5-8,10H2,1-2H3,(H,27,28)(H2,22,25,26);1-2,5,11-12,15,21H,3-4,6-7,20H2,(H,26,27)(H2,22,24,25);2-3,10,20H,4-9H2,1H3,(H,26,27)(H2,21,24,25);4-6,19-21H,2-3,7H2,1H3,(H,25,26)(H2,22,23,24)/t;;11-,12+,15?;;. The van der Waals surface area contributed by atoms with Gasteiger partial charge in [0.05, 0.1) is 28.5 Å². The van der Waals surface area contributed by atoms with Gasteiger partial charge < -0.3 is 153 Å². The van der Waals surface area contributed by atoms with Crippen LogP contribution in [0.4, 0.5) is 51.2 Å². The summed E-state index contributed by atoms with van der Waals surface area (Å²) < 4.78 is 0. The molecule has 40 heteroatoms. The number of carboxylic acid groups (broad SMARTS) is 5. The number of aromatic amines is 6. The van der Waals surface area contributed by atoms with Crippen LogP contribution in [0.15, 0.2) is 115 Å². The molecule has 5 aromatic carbocycles. The van der Waals surface area contributed by atoms with Crippen LogP contribution in [0.1, 0.15) is 105 Å².